The summed E-state index contributed by atoms with van der Waals surface area (Å²) in [6, 6.07) is 2.78. The van der Waals surface area contributed by atoms with Crippen LogP contribution in [-0.4, -0.2) is 92.6 Å². The molecule has 3 fully saturated rings. The van der Waals surface area contributed by atoms with Crippen LogP contribution in [0.3, 0.4) is 0 Å². The summed E-state index contributed by atoms with van der Waals surface area (Å²) >= 11 is 0. The fraction of sp³-hybridized carbons (Fsp3) is 0.643. The Balaban J connectivity index is 1.10. The number of hydrogen-bond donors (Lipinski definition) is 1. The van der Waals surface area contributed by atoms with Crippen LogP contribution in [0.15, 0.2) is 18.3 Å². The van der Waals surface area contributed by atoms with E-state index in [1.54, 1.807) is 4.68 Å². The van der Waals surface area contributed by atoms with E-state index in [-0.39, 0.29) is 49.1 Å². The summed E-state index contributed by atoms with van der Waals surface area (Å²) in [5, 5.41) is 13.7. The number of hydrogen-bond acceptors (Lipinski definition) is 7. The first kappa shape index (κ1) is 26.2. The topological polar surface area (TPSA) is 110 Å². The second-order valence-electron chi connectivity index (χ2n) is 11.2. The zero-order valence-corrected chi connectivity index (χ0v) is 22.3. The lowest BCUT2D eigenvalue weighted by Crippen LogP contribution is -2.48. The Morgan fingerprint density at radius 2 is 1.95 bits per heavy atom. The average Bonchev–Trinajstić information content (AvgIpc) is 3.46. The smallest absolute Gasteiger partial charge is 0.274 e. The third kappa shape index (κ3) is 5.26. The van der Waals surface area contributed by atoms with Crippen molar-refractivity contribution in [3.05, 3.63) is 41.1 Å². The largest absolute Gasteiger partial charge is 0.472 e. The van der Waals surface area contributed by atoms with Crippen LogP contribution in [0.2, 0.25) is 0 Å². The molecule has 0 unspecified atom stereocenters. The molecule has 1 saturated carbocycles. The number of rotatable bonds is 8. The molecule has 4 heterocycles. The second kappa shape index (κ2) is 10.8. The molecule has 1 N–H and O–H groups in total. The van der Waals surface area contributed by atoms with Gasteiger partial charge in [-0.3, -0.25) is 14.3 Å². The van der Waals surface area contributed by atoms with Crippen LogP contribution in [-0.2, 0) is 22.5 Å². The standard InChI is InChI=1S/C28H36FN5O5/c1-17-13-20(39-27-22(29)3-2-7-30-27)6-10-33(17)24(36)16-34-23-15-18-14-21(18)25(23)26(31-34)28(37)32-8-4-19(5-9-32)38-12-11-35/h2-3,7,17-21,35H,4-6,8-16H2,1H3/t17-,18-,20-,21-/m1/s1. The van der Waals surface area contributed by atoms with Crippen molar-refractivity contribution in [2.45, 2.75) is 76.2 Å². The molecule has 2 saturated heterocycles. The van der Waals surface area contributed by atoms with Gasteiger partial charge in [0.25, 0.3) is 11.8 Å². The fourth-order valence-corrected chi connectivity index (χ4v) is 6.52. The van der Waals surface area contributed by atoms with E-state index in [9.17, 15) is 14.0 Å². The summed E-state index contributed by atoms with van der Waals surface area (Å²) in [6.07, 6.45) is 5.97. The average molecular weight is 542 g/mol. The van der Waals surface area contributed by atoms with Gasteiger partial charge in [0, 0.05) is 56.0 Å². The third-order valence-corrected chi connectivity index (χ3v) is 8.66. The molecule has 4 aliphatic rings. The first-order valence-electron chi connectivity index (χ1n) is 14.1. The normalized spacial score (nSPS) is 26.3. The van der Waals surface area contributed by atoms with Crippen LogP contribution in [0, 0.1) is 11.7 Å². The number of aliphatic hydroxyl groups is 1. The van der Waals surface area contributed by atoms with Gasteiger partial charge in [-0.2, -0.15) is 5.10 Å². The Kier molecular flexibility index (Phi) is 7.28. The van der Waals surface area contributed by atoms with Gasteiger partial charge < -0.3 is 24.4 Å². The molecule has 2 aromatic rings. The van der Waals surface area contributed by atoms with E-state index in [1.807, 2.05) is 16.7 Å². The minimum Gasteiger partial charge on any atom is -0.472 e. The van der Waals surface area contributed by atoms with E-state index in [4.69, 9.17) is 19.7 Å². The van der Waals surface area contributed by atoms with Gasteiger partial charge in [0.1, 0.15) is 12.6 Å². The van der Waals surface area contributed by atoms with E-state index in [1.165, 1.54) is 18.3 Å². The Labute approximate surface area is 227 Å². The van der Waals surface area contributed by atoms with Gasteiger partial charge in [0.15, 0.2) is 11.5 Å². The zero-order valence-electron chi connectivity index (χ0n) is 22.3. The molecule has 2 aromatic heterocycles. The summed E-state index contributed by atoms with van der Waals surface area (Å²) < 4.78 is 27.2. The van der Waals surface area contributed by atoms with E-state index < -0.39 is 5.82 Å². The lowest BCUT2D eigenvalue weighted by Gasteiger charge is -2.37. The van der Waals surface area contributed by atoms with Crippen molar-refractivity contribution in [2.24, 2.45) is 5.92 Å². The highest BCUT2D eigenvalue weighted by Crippen LogP contribution is 2.57. The van der Waals surface area contributed by atoms with Crippen molar-refractivity contribution in [3.8, 4) is 5.88 Å². The van der Waals surface area contributed by atoms with Gasteiger partial charge in [0.2, 0.25) is 5.91 Å². The maximum absolute atomic E-state index is 14.0. The Bertz CT molecular complexity index is 1230. The molecule has 0 radical (unpaired) electrons. The number of pyridine rings is 1. The molecule has 0 spiro atoms. The lowest BCUT2D eigenvalue weighted by atomic mass is 10.0. The molecule has 2 aliphatic carbocycles. The van der Waals surface area contributed by atoms with Gasteiger partial charge in [-0.15, -0.1) is 0 Å². The van der Waals surface area contributed by atoms with Crippen molar-refractivity contribution in [1.29, 1.82) is 0 Å². The molecule has 210 valence electrons. The van der Waals surface area contributed by atoms with Crippen LogP contribution in [0.25, 0.3) is 0 Å². The van der Waals surface area contributed by atoms with Crippen molar-refractivity contribution < 1.29 is 28.6 Å². The van der Waals surface area contributed by atoms with E-state index >= 15 is 0 Å². The highest BCUT2D eigenvalue weighted by Gasteiger charge is 2.50. The first-order valence-corrected chi connectivity index (χ1v) is 14.1. The predicted molar refractivity (Wildman–Crippen MR) is 138 cm³/mol. The van der Waals surface area contributed by atoms with Gasteiger partial charge in [-0.25, -0.2) is 9.37 Å². The van der Waals surface area contributed by atoms with Crippen molar-refractivity contribution >= 4 is 11.8 Å². The van der Waals surface area contributed by atoms with Crippen molar-refractivity contribution in [2.75, 3.05) is 32.8 Å². The molecule has 11 heteroatoms. The number of aliphatic hydroxyl groups excluding tert-OH is 1. The summed E-state index contributed by atoms with van der Waals surface area (Å²) in [7, 11) is 0. The summed E-state index contributed by atoms with van der Waals surface area (Å²) in [5.74, 6) is 0.364. The van der Waals surface area contributed by atoms with Gasteiger partial charge in [0.05, 0.1) is 19.3 Å². The molecular formula is C28H36FN5O5. The number of amides is 2. The van der Waals surface area contributed by atoms with Crippen LogP contribution < -0.4 is 4.74 Å². The predicted octanol–water partition coefficient (Wildman–Crippen LogP) is 2.15. The van der Waals surface area contributed by atoms with E-state index in [0.29, 0.717) is 56.6 Å². The maximum Gasteiger partial charge on any atom is 0.274 e. The quantitative estimate of drug-likeness (QED) is 0.545. The molecule has 2 amide bonds. The first-order chi connectivity index (χ1) is 18.9. The zero-order chi connectivity index (χ0) is 27.1. The summed E-state index contributed by atoms with van der Waals surface area (Å²) in [6.45, 7) is 4.11. The number of carbonyl (C=O) groups is 2. The summed E-state index contributed by atoms with van der Waals surface area (Å²) in [5.41, 5.74) is 2.59. The van der Waals surface area contributed by atoms with Crippen LogP contribution >= 0.6 is 0 Å². The minimum atomic E-state index is -0.487. The van der Waals surface area contributed by atoms with Crippen LogP contribution in [0.1, 0.15) is 66.7 Å². The third-order valence-electron chi connectivity index (χ3n) is 8.66. The fourth-order valence-electron chi connectivity index (χ4n) is 6.52. The van der Waals surface area contributed by atoms with Crippen molar-refractivity contribution in [3.63, 3.8) is 0 Å². The molecule has 4 atom stereocenters. The Morgan fingerprint density at radius 3 is 2.69 bits per heavy atom. The molecule has 6 rings (SSSR count). The lowest BCUT2D eigenvalue weighted by molar-refractivity contribution is -0.136. The highest BCUT2D eigenvalue weighted by molar-refractivity contribution is 5.95. The second-order valence-corrected chi connectivity index (χ2v) is 11.2. The number of piperidine rings is 2. The SMILES string of the molecule is C[C@@H]1C[C@H](Oc2ncccc2F)CCN1C(=O)Cn1nc(C(=O)N2CCC(OCCO)CC2)c2c1C[C@H]1C[C@@H]21. The molecule has 0 bridgehead atoms. The molecule has 2 aliphatic heterocycles. The Hall–Kier alpha value is -3.05. The minimum absolute atomic E-state index is 0.000289. The van der Waals surface area contributed by atoms with E-state index in [2.05, 4.69) is 4.98 Å². The van der Waals surface area contributed by atoms with E-state index in [0.717, 1.165) is 36.9 Å². The Morgan fingerprint density at radius 1 is 1.15 bits per heavy atom. The van der Waals surface area contributed by atoms with Gasteiger partial charge in [-0.1, -0.05) is 0 Å². The van der Waals surface area contributed by atoms with Crippen LogP contribution in [0.5, 0.6) is 5.88 Å². The number of ether oxygens (including phenoxy) is 2. The van der Waals surface area contributed by atoms with Crippen molar-refractivity contribution in [1.82, 2.24) is 24.6 Å². The number of halogens is 1. The molecule has 10 nitrogen and oxygen atoms in total. The number of carbonyl (C=O) groups excluding carboxylic acids is 2. The van der Waals surface area contributed by atoms with Crippen LogP contribution in [0.4, 0.5) is 4.39 Å². The molecule has 0 aromatic carbocycles. The molecular weight excluding hydrogens is 505 g/mol. The number of aromatic nitrogens is 3. The number of fused-ring (bicyclic) bond motifs is 3. The highest BCUT2D eigenvalue weighted by atomic mass is 19.1. The maximum atomic E-state index is 14.0. The number of likely N-dealkylation sites (tertiary alicyclic amines) is 2. The summed E-state index contributed by atoms with van der Waals surface area (Å²) in [4.78, 5) is 34.6. The monoisotopic (exact) mass is 541 g/mol. The number of nitrogens with zero attached hydrogens (tertiary/aromatic N) is 5. The molecule has 39 heavy (non-hydrogen) atoms. The van der Waals surface area contributed by atoms with Gasteiger partial charge >= 0.3 is 0 Å². The van der Waals surface area contributed by atoms with Gasteiger partial charge in [-0.05, 0) is 56.6 Å².